The van der Waals surface area contributed by atoms with Crippen LogP contribution >= 0.6 is 0 Å². The quantitative estimate of drug-likeness (QED) is 0.457. The number of carbonyl (C=O) groups excluding carboxylic acids is 1. The highest BCUT2D eigenvalue weighted by atomic mass is 16.5. The number of nitrogens with zero attached hydrogens (tertiary/aromatic N) is 4. The Morgan fingerprint density at radius 2 is 1.97 bits per heavy atom. The monoisotopic (exact) mass is 446 g/mol. The molecule has 5 N–H and O–H groups in total. The normalized spacial score (nSPS) is 27.5. The van der Waals surface area contributed by atoms with Gasteiger partial charge in [-0.25, -0.2) is 4.99 Å². The van der Waals surface area contributed by atoms with E-state index in [1.165, 1.54) is 22.3 Å². The van der Waals surface area contributed by atoms with Gasteiger partial charge >= 0.3 is 0 Å². The van der Waals surface area contributed by atoms with E-state index >= 15 is 0 Å². The number of aliphatic imine (C=N–C) groups is 3. The van der Waals surface area contributed by atoms with Crippen LogP contribution in [0.15, 0.2) is 57.4 Å². The molecule has 10 nitrogen and oxygen atoms in total. The first-order chi connectivity index (χ1) is 16.0. The van der Waals surface area contributed by atoms with Crippen molar-refractivity contribution in [2.45, 2.75) is 37.3 Å². The standard InChI is InChI=1S/C23H22N6O4/c24-22-27-20-19(21(32)28-22)26-23(29(20)18-9-16(31)17(10-30)33-18)25-13-5-6-15-12(8-13)7-11-3-1-2-4-14(11)15/h1-6,8,16-19,30-31H,7,9-10H2,(H,25,26)(H2,24,28,32)/t16-,17+,18?,19?/m0/s1. The molecule has 0 spiro atoms. The molecule has 3 heterocycles. The maximum atomic E-state index is 12.5. The van der Waals surface area contributed by atoms with Gasteiger partial charge in [0.05, 0.1) is 12.7 Å². The van der Waals surface area contributed by atoms with E-state index < -0.39 is 30.4 Å². The number of ether oxygens (including phenoxy) is 1. The number of aliphatic hydroxyl groups excluding tert-OH is 2. The maximum absolute atomic E-state index is 12.5. The summed E-state index contributed by atoms with van der Waals surface area (Å²) in [4.78, 5) is 26.6. The third kappa shape index (κ3) is 3.22. The van der Waals surface area contributed by atoms with Crippen LogP contribution in [0, 0.1) is 0 Å². The Bertz CT molecular complexity index is 1260. The number of hydrogen-bond donors (Lipinski definition) is 4. The molecule has 2 aromatic rings. The first-order valence-corrected chi connectivity index (χ1v) is 10.8. The van der Waals surface area contributed by atoms with E-state index in [9.17, 15) is 15.0 Å². The smallest absolute Gasteiger partial charge is 0.281 e. The zero-order valence-corrected chi connectivity index (χ0v) is 17.5. The van der Waals surface area contributed by atoms with Crippen molar-refractivity contribution in [1.82, 2.24) is 4.90 Å². The summed E-state index contributed by atoms with van der Waals surface area (Å²) in [5, 5.41) is 23.1. The molecule has 1 fully saturated rings. The number of guanidine groups is 2. The molecule has 6 rings (SSSR count). The summed E-state index contributed by atoms with van der Waals surface area (Å²) < 4.78 is 5.84. The fourth-order valence-corrected chi connectivity index (χ4v) is 4.85. The Morgan fingerprint density at radius 1 is 1.15 bits per heavy atom. The highest BCUT2D eigenvalue weighted by molar-refractivity contribution is 6.25. The van der Waals surface area contributed by atoms with E-state index in [1.807, 2.05) is 18.2 Å². The van der Waals surface area contributed by atoms with Crippen LogP contribution in [0.5, 0.6) is 0 Å². The van der Waals surface area contributed by atoms with Crippen LogP contribution in [0.2, 0.25) is 0 Å². The van der Waals surface area contributed by atoms with E-state index in [4.69, 9.17) is 10.5 Å². The van der Waals surface area contributed by atoms with Crippen molar-refractivity contribution in [2.24, 2.45) is 20.7 Å². The first-order valence-electron chi connectivity index (χ1n) is 10.8. The molecule has 0 aromatic heterocycles. The van der Waals surface area contributed by atoms with Gasteiger partial charge in [0.25, 0.3) is 5.91 Å². The molecule has 1 aliphatic carbocycles. The fourth-order valence-electron chi connectivity index (χ4n) is 4.85. The Labute approximate surface area is 189 Å². The molecule has 1 saturated heterocycles. The largest absolute Gasteiger partial charge is 0.394 e. The molecule has 33 heavy (non-hydrogen) atoms. The zero-order valence-electron chi connectivity index (χ0n) is 17.5. The number of nitrogens with two attached hydrogens (primary N) is 1. The number of nitrogens with one attached hydrogen (secondary N) is 1. The average Bonchev–Trinajstić information content (AvgIpc) is 3.46. The number of amides is 1. The molecule has 3 aliphatic heterocycles. The number of amidine groups is 1. The predicted molar refractivity (Wildman–Crippen MR) is 122 cm³/mol. The van der Waals surface area contributed by atoms with E-state index in [1.54, 1.807) is 4.90 Å². The van der Waals surface area contributed by atoms with Crippen LogP contribution in [-0.4, -0.2) is 69.9 Å². The van der Waals surface area contributed by atoms with E-state index in [2.05, 4.69) is 44.6 Å². The van der Waals surface area contributed by atoms with Crippen LogP contribution in [0.3, 0.4) is 0 Å². The third-order valence-corrected chi connectivity index (χ3v) is 6.38. The second kappa shape index (κ2) is 7.48. The minimum atomic E-state index is -0.938. The van der Waals surface area contributed by atoms with Crippen LogP contribution in [0.1, 0.15) is 17.5 Å². The van der Waals surface area contributed by atoms with Gasteiger partial charge < -0.3 is 26.0 Å². The molecule has 0 bridgehead atoms. The zero-order chi connectivity index (χ0) is 22.7. The lowest BCUT2D eigenvalue weighted by atomic mass is 10.1. The Balaban J connectivity index is 1.33. The summed E-state index contributed by atoms with van der Waals surface area (Å²) in [6, 6.07) is 13.5. The minimum Gasteiger partial charge on any atom is -0.394 e. The molecular formula is C23H22N6O4. The number of rotatable bonds is 3. The number of aliphatic hydroxyl groups is 2. The lowest BCUT2D eigenvalue weighted by Crippen LogP contribution is -2.48. The number of hydrogen-bond acceptors (Lipinski definition) is 9. The molecule has 0 radical (unpaired) electrons. The third-order valence-electron chi connectivity index (χ3n) is 6.38. The molecule has 0 saturated carbocycles. The number of fused-ring (bicyclic) bond motifs is 4. The molecule has 2 unspecified atom stereocenters. The molecule has 10 heteroatoms. The van der Waals surface area contributed by atoms with Crippen molar-refractivity contribution >= 4 is 29.3 Å². The van der Waals surface area contributed by atoms with Gasteiger partial charge in [0.1, 0.15) is 12.3 Å². The van der Waals surface area contributed by atoms with Crippen molar-refractivity contribution in [3.8, 4) is 11.1 Å². The van der Waals surface area contributed by atoms with Gasteiger partial charge in [-0.15, -0.1) is 0 Å². The summed E-state index contributed by atoms with van der Waals surface area (Å²) in [5.74, 6) is -0.0242. The molecule has 4 aliphatic rings. The number of anilines is 1. The summed E-state index contributed by atoms with van der Waals surface area (Å²) >= 11 is 0. The van der Waals surface area contributed by atoms with Gasteiger partial charge in [-0.05, 0) is 40.8 Å². The van der Waals surface area contributed by atoms with E-state index in [0.717, 1.165) is 12.1 Å². The average molecular weight is 446 g/mol. The number of carbonyl (C=O) groups is 1. The SMILES string of the molecule is NC1=NC(=O)C2N=C(Nc3ccc4c(c3)Cc3ccccc3-4)N(C3C[C@H](O)[C@@H](CO)O3)C2=N1. The molecule has 168 valence electrons. The van der Waals surface area contributed by atoms with Crippen molar-refractivity contribution in [3.63, 3.8) is 0 Å². The van der Waals surface area contributed by atoms with Gasteiger partial charge in [0.2, 0.25) is 11.9 Å². The van der Waals surface area contributed by atoms with Crippen molar-refractivity contribution in [3.05, 3.63) is 53.6 Å². The summed E-state index contributed by atoms with van der Waals surface area (Å²) in [7, 11) is 0. The van der Waals surface area contributed by atoms with E-state index in [0.29, 0.717) is 11.8 Å². The molecule has 2 aromatic carbocycles. The Hall–Kier alpha value is -3.60. The van der Waals surface area contributed by atoms with Gasteiger partial charge in [-0.2, -0.15) is 9.98 Å². The lowest BCUT2D eigenvalue weighted by Gasteiger charge is -2.29. The van der Waals surface area contributed by atoms with Crippen LogP contribution in [0.4, 0.5) is 5.69 Å². The lowest BCUT2D eigenvalue weighted by molar-refractivity contribution is -0.117. The van der Waals surface area contributed by atoms with Crippen molar-refractivity contribution in [2.75, 3.05) is 11.9 Å². The van der Waals surface area contributed by atoms with Crippen molar-refractivity contribution < 1.29 is 19.7 Å². The predicted octanol–water partition coefficient (Wildman–Crippen LogP) is 0.431. The van der Waals surface area contributed by atoms with Crippen LogP contribution < -0.4 is 11.1 Å². The Morgan fingerprint density at radius 3 is 2.79 bits per heavy atom. The van der Waals surface area contributed by atoms with Gasteiger partial charge in [-0.3, -0.25) is 9.69 Å². The van der Waals surface area contributed by atoms with Crippen molar-refractivity contribution in [1.29, 1.82) is 0 Å². The van der Waals surface area contributed by atoms with Gasteiger partial charge in [0, 0.05) is 12.1 Å². The molecule has 1 amide bonds. The highest BCUT2D eigenvalue weighted by Crippen LogP contribution is 2.38. The molecule has 4 atom stereocenters. The molecular weight excluding hydrogens is 424 g/mol. The summed E-state index contributed by atoms with van der Waals surface area (Å²) in [6.45, 7) is -0.324. The second-order valence-corrected chi connectivity index (χ2v) is 8.45. The summed E-state index contributed by atoms with van der Waals surface area (Å²) in [5.41, 5.74) is 11.4. The van der Waals surface area contributed by atoms with Gasteiger partial charge in [0.15, 0.2) is 11.9 Å². The second-order valence-electron chi connectivity index (χ2n) is 8.45. The fraction of sp³-hybridized carbons (Fsp3) is 0.304. The van der Waals surface area contributed by atoms with Crippen LogP contribution in [-0.2, 0) is 16.0 Å². The number of benzene rings is 2. The van der Waals surface area contributed by atoms with E-state index in [-0.39, 0.29) is 19.0 Å². The Kier molecular flexibility index (Phi) is 4.54. The first kappa shape index (κ1) is 20.0. The summed E-state index contributed by atoms with van der Waals surface area (Å²) in [6.07, 6.45) is -1.22. The van der Waals surface area contributed by atoms with Gasteiger partial charge in [-0.1, -0.05) is 30.3 Å². The topological polar surface area (TPSA) is 145 Å². The minimum absolute atomic E-state index is 0.153. The van der Waals surface area contributed by atoms with Crippen LogP contribution in [0.25, 0.3) is 11.1 Å². The highest BCUT2D eigenvalue weighted by Gasteiger charge is 2.47. The maximum Gasteiger partial charge on any atom is 0.281 e.